The van der Waals surface area contributed by atoms with E-state index in [0.717, 1.165) is 16.9 Å². The lowest BCUT2D eigenvalue weighted by Gasteiger charge is -2.18. The fourth-order valence-corrected chi connectivity index (χ4v) is 2.68. The largest absolute Gasteiger partial charge is 0.486 e. The van der Waals surface area contributed by atoms with Crippen molar-refractivity contribution in [3.8, 4) is 22.9 Å². The van der Waals surface area contributed by atoms with Crippen LogP contribution >= 0.6 is 0 Å². The Morgan fingerprint density at radius 3 is 2.89 bits per heavy atom. The molecule has 8 nitrogen and oxygen atoms in total. The predicted octanol–water partition coefficient (Wildman–Crippen LogP) is 2.15. The van der Waals surface area contributed by atoms with Gasteiger partial charge in [0.1, 0.15) is 13.2 Å². The summed E-state index contributed by atoms with van der Waals surface area (Å²) in [5, 5.41) is 6.79. The molecule has 4 rings (SSSR count). The standard InChI is InChI=1S/C19H18N4O4/c24-17(21-11-13-3-4-15-16(10-13)26-9-8-25-15)5-6-18-22-19(23-27-18)14-2-1-7-20-12-14/h1-4,7,10,12H,5-6,8-9,11H2,(H,21,24). The summed E-state index contributed by atoms with van der Waals surface area (Å²) < 4.78 is 16.2. The fraction of sp³-hybridized carbons (Fsp3) is 0.263. The molecule has 138 valence electrons. The van der Waals surface area contributed by atoms with Crippen molar-refractivity contribution in [3.63, 3.8) is 0 Å². The van der Waals surface area contributed by atoms with Crippen molar-refractivity contribution in [2.45, 2.75) is 19.4 Å². The molecule has 1 N–H and O–H groups in total. The van der Waals surface area contributed by atoms with Gasteiger partial charge in [-0.05, 0) is 29.8 Å². The number of ether oxygens (including phenoxy) is 2. The maximum absolute atomic E-state index is 12.1. The van der Waals surface area contributed by atoms with Gasteiger partial charge in [-0.15, -0.1) is 0 Å². The second-order valence-corrected chi connectivity index (χ2v) is 6.01. The normalized spacial score (nSPS) is 12.6. The lowest BCUT2D eigenvalue weighted by Crippen LogP contribution is -2.23. The Balaban J connectivity index is 1.27. The molecule has 0 radical (unpaired) electrons. The summed E-state index contributed by atoms with van der Waals surface area (Å²) in [6.45, 7) is 1.51. The number of rotatable bonds is 6. The average Bonchev–Trinajstić information content (AvgIpc) is 3.20. The maximum Gasteiger partial charge on any atom is 0.227 e. The number of fused-ring (bicyclic) bond motifs is 1. The highest BCUT2D eigenvalue weighted by Gasteiger charge is 2.13. The fourth-order valence-electron chi connectivity index (χ4n) is 2.68. The predicted molar refractivity (Wildman–Crippen MR) is 95.1 cm³/mol. The Kier molecular flexibility index (Phi) is 4.95. The van der Waals surface area contributed by atoms with Crippen molar-refractivity contribution in [1.29, 1.82) is 0 Å². The molecule has 2 aromatic heterocycles. The van der Waals surface area contributed by atoms with Gasteiger partial charge >= 0.3 is 0 Å². The molecule has 0 spiro atoms. The van der Waals surface area contributed by atoms with Gasteiger partial charge in [-0.1, -0.05) is 11.2 Å². The minimum atomic E-state index is -0.0917. The summed E-state index contributed by atoms with van der Waals surface area (Å²) in [6, 6.07) is 9.30. The maximum atomic E-state index is 12.1. The lowest BCUT2D eigenvalue weighted by atomic mass is 10.2. The van der Waals surface area contributed by atoms with Crippen LogP contribution in [0.25, 0.3) is 11.4 Å². The summed E-state index contributed by atoms with van der Waals surface area (Å²) in [4.78, 5) is 20.4. The van der Waals surface area contributed by atoms with E-state index >= 15 is 0 Å². The minimum absolute atomic E-state index is 0.0917. The summed E-state index contributed by atoms with van der Waals surface area (Å²) in [7, 11) is 0. The molecule has 3 aromatic rings. The summed E-state index contributed by atoms with van der Waals surface area (Å²) in [5.74, 6) is 2.24. The van der Waals surface area contributed by atoms with Crippen LogP contribution in [0.5, 0.6) is 11.5 Å². The van der Waals surface area contributed by atoms with Crippen LogP contribution < -0.4 is 14.8 Å². The van der Waals surface area contributed by atoms with Crippen LogP contribution in [-0.2, 0) is 17.8 Å². The van der Waals surface area contributed by atoms with Crippen molar-refractivity contribution >= 4 is 5.91 Å². The molecule has 1 aromatic carbocycles. The summed E-state index contributed by atoms with van der Waals surface area (Å²) in [5.41, 5.74) is 1.72. The number of nitrogens with zero attached hydrogens (tertiary/aromatic N) is 3. The van der Waals surface area contributed by atoms with E-state index in [1.165, 1.54) is 0 Å². The molecule has 0 aliphatic carbocycles. The van der Waals surface area contributed by atoms with Gasteiger partial charge < -0.3 is 19.3 Å². The monoisotopic (exact) mass is 366 g/mol. The number of aryl methyl sites for hydroxylation is 1. The van der Waals surface area contributed by atoms with Crippen LogP contribution in [0.1, 0.15) is 17.9 Å². The number of pyridine rings is 1. The van der Waals surface area contributed by atoms with E-state index in [1.54, 1.807) is 18.5 Å². The number of amides is 1. The first-order valence-corrected chi connectivity index (χ1v) is 8.66. The zero-order chi connectivity index (χ0) is 18.5. The number of carbonyl (C=O) groups is 1. The van der Waals surface area contributed by atoms with E-state index in [0.29, 0.717) is 43.6 Å². The van der Waals surface area contributed by atoms with Gasteiger partial charge in [0.15, 0.2) is 11.5 Å². The van der Waals surface area contributed by atoms with E-state index in [1.807, 2.05) is 24.3 Å². The van der Waals surface area contributed by atoms with Crippen molar-refractivity contribution in [2.24, 2.45) is 0 Å². The van der Waals surface area contributed by atoms with Gasteiger partial charge in [0.25, 0.3) is 0 Å². The molecule has 0 bridgehead atoms. The SMILES string of the molecule is O=C(CCc1nc(-c2cccnc2)no1)NCc1ccc2c(c1)OCCO2. The Morgan fingerprint density at radius 1 is 1.15 bits per heavy atom. The molecule has 0 unspecified atom stereocenters. The van der Waals surface area contributed by atoms with Crippen LogP contribution in [0, 0.1) is 0 Å². The number of hydrogen-bond acceptors (Lipinski definition) is 7. The first kappa shape index (κ1) is 17.0. The summed E-state index contributed by atoms with van der Waals surface area (Å²) >= 11 is 0. The number of benzene rings is 1. The highest BCUT2D eigenvalue weighted by atomic mass is 16.6. The molecular weight excluding hydrogens is 348 g/mol. The molecule has 1 amide bonds. The van der Waals surface area contributed by atoms with E-state index < -0.39 is 0 Å². The number of nitrogens with one attached hydrogen (secondary N) is 1. The zero-order valence-electron chi connectivity index (χ0n) is 14.6. The molecule has 0 atom stereocenters. The zero-order valence-corrected chi connectivity index (χ0v) is 14.6. The van der Waals surface area contributed by atoms with Crippen molar-refractivity contribution < 1.29 is 18.8 Å². The number of hydrogen-bond donors (Lipinski definition) is 1. The number of carbonyl (C=O) groups excluding carboxylic acids is 1. The first-order chi connectivity index (χ1) is 13.3. The Hall–Kier alpha value is -3.42. The van der Waals surface area contributed by atoms with Crippen molar-refractivity contribution in [2.75, 3.05) is 13.2 Å². The highest BCUT2D eigenvalue weighted by molar-refractivity contribution is 5.76. The van der Waals surface area contributed by atoms with Gasteiger partial charge in [0.05, 0.1) is 0 Å². The van der Waals surface area contributed by atoms with Crippen LogP contribution in [0.3, 0.4) is 0 Å². The molecule has 8 heteroatoms. The van der Waals surface area contributed by atoms with Crippen molar-refractivity contribution in [1.82, 2.24) is 20.4 Å². The molecule has 1 aliphatic heterocycles. The third-order valence-corrected chi connectivity index (χ3v) is 4.05. The Morgan fingerprint density at radius 2 is 2.04 bits per heavy atom. The highest BCUT2D eigenvalue weighted by Crippen LogP contribution is 2.30. The van der Waals surface area contributed by atoms with E-state index in [2.05, 4.69) is 20.4 Å². The second-order valence-electron chi connectivity index (χ2n) is 6.01. The smallest absolute Gasteiger partial charge is 0.227 e. The van der Waals surface area contributed by atoms with Crippen molar-refractivity contribution in [3.05, 3.63) is 54.2 Å². The molecular formula is C19H18N4O4. The second kappa shape index (κ2) is 7.86. The molecule has 0 saturated carbocycles. The number of aromatic nitrogens is 3. The van der Waals surface area contributed by atoms with Crippen LogP contribution in [-0.4, -0.2) is 34.2 Å². The molecule has 3 heterocycles. The molecule has 0 saturated heterocycles. The van der Waals surface area contributed by atoms with Gasteiger partial charge in [-0.2, -0.15) is 4.98 Å². The van der Waals surface area contributed by atoms with Gasteiger partial charge in [0.2, 0.25) is 17.6 Å². The molecule has 1 aliphatic rings. The van der Waals surface area contributed by atoms with E-state index in [4.69, 9.17) is 14.0 Å². The van der Waals surface area contributed by atoms with Crippen LogP contribution in [0.2, 0.25) is 0 Å². The average molecular weight is 366 g/mol. The third kappa shape index (κ3) is 4.22. The minimum Gasteiger partial charge on any atom is -0.486 e. The van der Waals surface area contributed by atoms with Gasteiger partial charge in [-0.3, -0.25) is 9.78 Å². The molecule has 27 heavy (non-hydrogen) atoms. The van der Waals surface area contributed by atoms with E-state index in [-0.39, 0.29) is 12.3 Å². The quantitative estimate of drug-likeness (QED) is 0.713. The topological polar surface area (TPSA) is 99.4 Å². The van der Waals surface area contributed by atoms with Gasteiger partial charge in [0, 0.05) is 37.3 Å². The van der Waals surface area contributed by atoms with E-state index in [9.17, 15) is 4.79 Å². The Labute approximate surface area is 155 Å². The molecule has 0 fully saturated rings. The van der Waals surface area contributed by atoms with Crippen LogP contribution in [0.4, 0.5) is 0 Å². The van der Waals surface area contributed by atoms with Gasteiger partial charge in [-0.25, -0.2) is 0 Å². The van der Waals surface area contributed by atoms with Crippen LogP contribution in [0.15, 0.2) is 47.2 Å². The summed E-state index contributed by atoms with van der Waals surface area (Å²) in [6.07, 6.45) is 3.98. The Bertz CT molecular complexity index is 926. The lowest BCUT2D eigenvalue weighted by molar-refractivity contribution is -0.121. The third-order valence-electron chi connectivity index (χ3n) is 4.05. The first-order valence-electron chi connectivity index (χ1n) is 8.66.